The number of alkyl halides is 2. The number of halogens is 2. The fourth-order valence-electron chi connectivity index (χ4n) is 4.47. The van der Waals surface area contributed by atoms with E-state index in [0.29, 0.717) is 38.8 Å². The zero-order chi connectivity index (χ0) is 21.5. The van der Waals surface area contributed by atoms with Crippen LogP contribution in [0.25, 0.3) is 0 Å². The zero-order valence-corrected chi connectivity index (χ0v) is 17.5. The molecule has 2 heterocycles. The maximum absolute atomic E-state index is 13.6. The van der Waals surface area contributed by atoms with Crippen LogP contribution in [0.15, 0.2) is 0 Å². The Morgan fingerprint density at radius 3 is 2.24 bits per heavy atom. The Hall–Kier alpha value is -1.75. The van der Waals surface area contributed by atoms with Gasteiger partial charge in [0.1, 0.15) is 0 Å². The van der Waals surface area contributed by atoms with Gasteiger partial charge in [-0.15, -0.1) is 0 Å². The second kappa shape index (κ2) is 7.50. The highest BCUT2D eigenvalue weighted by Crippen LogP contribution is 2.48. The van der Waals surface area contributed by atoms with Crippen molar-refractivity contribution in [2.75, 3.05) is 13.1 Å². The molecule has 1 N–H and O–H groups in total. The van der Waals surface area contributed by atoms with E-state index in [-0.39, 0.29) is 17.6 Å². The van der Waals surface area contributed by atoms with Crippen molar-refractivity contribution in [3.8, 4) is 6.07 Å². The van der Waals surface area contributed by atoms with E-state index in [1.165, 1.54) is 0 Å². The van der Waals surface area contributed by atoms with Crippen LogP contribution in [0, 0.1) is 16.7 Å². The molecule has 0 aromatic rings. The minimum Gasteiger partial charge on any atom is -0.369 e. The number of carbonyl (C=O) groups excluding carboxylic acids is 2. The number of urea groups is 1. The summed E-state index contributed by atoms with van der Waals surface area (Å²) in [5, 5.41) is 11.7. The molecule has 3 aliphatic rings. The Labute approximate surface area is 170 Å². The van der Waals surface area contributed by atoms with E-state index in [1.807, 2.05) is 0 Å². The lowest BCUT2D eigenvalue weighted by Crippen LogP contribution is -2.54. The molecule has 1 spiro atoms. The molecule has 8 heteroatoms. The van der Waals surface area contributed by atoms with Crippen LogP contribution in [0.2, 0.25) is 0 Å². The number of nitriles is 1. The number of Topliss-reactive ketones (excluding diaryl/α,β-unsaturated/α-hetero) is 1. The summed E-state index contributed by atoms with van der Waals surface area (Å²) in [5.41, 5.74) is -1.10. The molecular formula is C21H31F2N3O3. The number of piperidine rings is 1. The molecule has 29 heavy (non-hydrogen) atoms. The molecule has 1 aliphatic carbocycles. The summed E-state index contributed by atoms with van der Waals surface area (Å²) in [6.07, 6.45) is 3.68. The molecule has 2 amide bonds. The minimum absolute atomic E-state index is 0.0867. The molecule has 2 saturated heterocycles. The molecule has 0 unspecified atom stereocenters. The average molecular weight is 411 g/mol. The number of rotatable bonds is 6. The van der Waals surface area contributed by atoms with Gasteiger partial charge in [0.05, 0.1) is 28.7 Å². The second-order valence-corrected chi connectivity index (χ2v) is 9.84. The van der Waals surface area contributed by atoms with Crippen LogP contribution >= 0.6 is 0 Å². The first-order chi connectivity index (χ1) is 13.4. The number of nitrogens with zero attached hydrogens (tertiary/aromatic N) is 2. The number of hydrogen-bond donors (Lipinski definition) is 1. The third kappa shape index (κ3) is 5.44. The van der Waals surface area contributed by atoms with Gasteiger partial charge >= 0.3 is 6.03 Å². The number of hydrogen-bond acceptors (Lipinski definition) is 4. The molecule has 0 radical (unpaired) electrons. The van der Waals surface area contributed by atoms with Crippen LogP contribution in [0.1, 0.15) is 72.1 Å². The largest absolute Gasteiger partial charge is 0.369 e. The predicted molar refractivity (Wildman–Crippen MR) is 102 cm³/mol. The zero-order valence-electron chi connectivity index (χ0n) is 17.5. The summed E-state index contributed by atoms with van der Waals surface area (Å²) in [4.78, 5) is 26.9. The number of carbonyl (C=O) groups is 2. The molecule has 0 aromatic heterocycles. The summed E-state index contributed by atoms with van der Waals surface area (Å²) in [6.45, 7) is 5.80. The number of nitrogens with one attached hydrogen (secondary N) is 1. The average Bonchev–Trinajstić information content (AvgIpc) is 3.32. The highest BCUT2D eigenvalue weighted by Gasteiger charge is 2.48. The molecule has 1 saturated carbocycles. The fourth-order valence-corrected chi connectivity index (χ4v) is 4.47. The van der Waals surface area contributed by atoms with Crippen molar-refractivity contribution >= 4 is 11.8 Å². The molecule has 1 atom stereocenters. The van der Waals surface area contributed by atoms with Crippen LogP contribution < -0.4 is 5.32 Å². The summed E-state index contributed by atoms with van der Waals surface area (Å²) in [7, 11) is 0. The molecule has 3 fully saturated rings. The fraction of sp³-hybridized carbons (Fsp3) is 0.857. The van der Waals surface area contributed by atoms with Crippen LogP contribution in [0.4, 0.5) is 13.6 Å². The molecule has 0 aromatic carbocycles. The van der Waals surface area contributed by atoms with Gasteiger partial charge in [-0.05, 0) is 59.3 Å². The lowest BCUT2D eigenvalue weighted by molar-refractivity contribution is -0.124. The van der Waals surface area contributed by atoms with Crippen molar-refractivity contribution in [2.24, 2.45) is 5.41 Å². The van der Waals surface area contributed by atoms with Gasteiger partial charge in [-0.1, -0.05) is 0 Å². The quantitative estimate of drug-likeness (QED) is 0.721. The van der Waals surface area contributed by atoms with Crippen molar-refractivity contribution in [2.45, 2.75) is 95.3 Å². The Morgan fingerprint density at radius 1 is 1.17 bits per heavy atom. The Kier molecular flexibility index (Phi) is 5.67. The van der Waals surface area contributed by atoms with Gasteiger partial charge in [-0.25, -0.2) is 13.6 Å². The number of likely N-dealkylation sites (tertiary alicyclic amines) is 1. The first-order valence-corrected chi connectivity index (χ1v) is 10.4. The van der Waals surface area contributed by atoms with Crippen LogP contribution in [-0.4, -0.2) is 53.0 Å². The normalized spacial score (nSPS) is 25.3. The maximum Gasteiger partial charge on any atom is 0.317 e. The van der Waals surface area contributed by atoms with Gasteiger partial charge in [-0.2, -0.15) is 5.26 Å². The first kappa shape index (κ1) is 21.9. The summed E-state index contributed by atoms with van der Waals surface area (Å²) >= 11 is 0. The molecule has 6 nitrogen and oxygen atoms in total. The second-order valence-electron chi connectivity index (χ2n) is 9.84. The topological polar surface area (TPSA) is 82.4 Å². The van der Waals surface area contributed by atoms with Gasteiger partial charge in [0.25, 0.3) is 0 Å². The monoisotopic (exact) mass is 411 g/mol. The van der Waals surface area contributed by atoms with E-state index >= 15 is 0 Å². The van der Waals surface area contributed by atoms with E-state index in [0.717, 1.165) is 19.8 Å². The highest BCUT2D eigenvalue weighted by atomic mass is 19.3. The third-order valence-corrected chi connectivity index (χ3v) is 6.49. The van der Waals surface area contributed by atoms with Crippen LogP contribution in [-0.2, 0) is 9.53 Å². The molecular weight excluding hydrogens is 380 g/mol. The molecule has 3 rings (SSSR count). The SMILES string of the molecule is CC(F)(F)C[C@H](NC(=O)N1CCC2(CC1)CCC(C)(C)O2)C(=O)CC1(C#N)CC1. The summed E-state index contributed by atoms with van der Waals surface area (Å²) in [6, 6.07) is 0.322. The van der Waals surface area contributed by atoms with Gasteiger partial charge in [-0.3, -0.25) is 4.79 Å². The summed E-state index contributed by atoms with van der Waals surface area (Å²) < 4.78 is 33.5. The smallest absolute Gasteiger partial charge is 0.317 e. The molecule has 162 valence electrons. The van der Waals surface area contributed by atoms with Crippen molar-refractivity contribution in [3.05, 3.63) is 0 Å². The third-order valence-electron chi connectivity index (χ3n) is 6.49. The van der Waals surface area contributed by atoms with Gasteiger partial charge < -0.3 is 15.0 Å². The number of ether oxygens (including phenoxy) is 1. The minimum atomic E-state index is -3.09. The molecule has 2 aliphatic heterocycles. The number of ketones is 1. The summed E-state index contributed by atoms with van der Waals surface area (Å²) in [5.74, 6) is -3.58. The lowest BCUT2D eigenvalue weighted by Gasteiger charge is -2.40. The lowest BCUT2D eigenvalue weighted by atomic mass is 9.88. The highest BCUT2D eigenvalue weighted by molar-refractivity contribution is 5.89. The Balaban J connectivity index is 1.58. The van der Waals surface area contributed by atoms with Crippen molar-refractivity contribution in [1.82, 2.24) is 10.2 Å². The van der Waals surface area contributed by atoms with Crippen molar-refractivity contribution in [1.29, 1.82) is 5.26 Å². The van der Waals surface area contributed by atoms with Gasteiger partial charge in [0.2, 0.25) is 5.92 Å². The standard InChI is InChI=1S/C21H31F2N3O3/c1-18(2)4-7-21(29-18)8-10-26(11-9-21)17(28)25-15(12-19(3,22)23)16(27)13-20(14-24)5-6-20/h15H,4-13H2,1-3H3,(H,25,28)/t15-/m0/s1. The van der Waals surface area contributed by atoms with E-state index in [1.54, 1.807) is 4.90 Å². The van der Waals surface area contributed by atoms with Crippen molar-refractivity contribution < 1.29 is 23.1 Å². The van der Waals surface area contributed by atoms with E-state index in [9.17, 15) is 23.6 Å². The van der Waals surface area contributed by atoms with Crippen LogP contribution in [0.5, 0.6) is 0 Å². The maximum atomic E-state index is 13.6. The van der Waals surface area contributed by atoms with Gasteiger partial charge in [0.15, 0.2) is 5.78 Å². The number of amides is 2. The van der Waals surface area contributed by atoms with Gasteiger partial charge in [0, 0.05) is 25.9 Å². The predicted octanol–water partition coefficient (Wildman–Crippen LogP) is 3.80. The Morgan fingerprint density at radius 2 is 1.79 bits per heavy atom. The van der Waals surface area contributed by atoms with Crippen LogP contribution in [0.3, 0.4) is 0 Å². The van der Waals surface area contributed by atoms with E-state index in [2.05, 4.69) is 25.2 Å². The van der Waals surface area contributed by atoms with E-state index in [4.69, 9.17) is 4.74 Å². The Bertz CT molecular complexity index is 699. The first-order valence-electron chi connectivity index (χ1n) is 10.4. The molecule has 0 bridgehead atoms. The van der Waals surface area contributed by atoms with E-state index < -0.39 is 35.6 Å². The van der Waals surface area contributed by atoms with Crippen molar-refractivity contribution in [3.63, 3.8) is 0 Å².